The molecule has 1 aliphatic rings. The number of benzene rings is 4. The molecule has 32 heavy (non-hydrogen) atoms. The number of carbonyl (C=O) groups excluding carboxylic acids is 2. The summed E-state index contributed by atoms with van der Waals surface area (Å²) in [6.45, 7) is 2.69. The molecular weight excluding hydrogens is 418 g/mol. The summed E-state index contributed by atoms with van der Waals surface area (Å²) in [6.07, 6.45) is 1.79. The standard InChI is InChI=1S/C27H21NO3S/c1-2-31-24-14-13-20-8-5-6-10-22(20)23(24)16-25-26(29)28(27(30)32-25)17-18-11-12-19-7-3-4-9-21(19)15-18/h3-16H,2,17H2,1H3/b25-16-. The highest BCUT2D eigenvalue weighted by atomic mass is 32.2. The zero-order chi connectivity index (χ0) is 22.1. The molecule has 5 heteroatoms. The Bertz CT molecular complexity index is 1390. The lowest BCUT2D eigenvalue weighted by Gasteiger charge is -2.13. The van der Waals surface area contributed by atoms with Crippen LogP contribution in [-0.2, 0) is 11.3 Å². The Kier molecular flexibility index (Phi) is 5.41. The third kappa shape index (κ3) is 3.76. The van der Waals surface area contributed by atoms with Crippen molar-refractivity contribution < 1.29 is 14.3 Å². The highest BCUT2D eigenvalue weighted by molar-refractivity contribution is 8.18. The van der Waals surface area contributed by atoms with Crippen molar-refractivity contribution in [1.82, 2.24) is 4.90 Å². The van der Waals surface area contributed by atoms with E-state index in [1.54, 1.807) is 6.08 Å². The first kappa shape index (κ1) is 20.3. The maximum atomic E-state index is 13.2. The number of nitrogens with zero attached hydrogens (tertiary/aromatic N) is 1. The average Bonchev–Trinajstić information content (AvgIpc) is 3.08. The van der Waals surface area contributed by atoms with Crippen molar-refractivity contribution in [3.63, 3.8) is 0 Å². The van der Waals surface area contributed by atoms with Crippen LogP contribution in [0.25, 0.3) is 27.6 Å². The summed E-state index contributed by atoms with van der Waals surface area (Å²) in [5.41, 5.74) is 1.74. The molecule has 1 fully saturated rings. The number of ether oxygens (including phenoxy) is 1. The Hall–Kier alpha value is -3.57. The molecule has 1 heterocycles. The van der Waals surface area contributed by atoms with E-state index in [4.69, 9.17) is 4.74 Å². The van der Waals surface area contributed by atoms with Crippen LogP contribution in [-0.4, -0.2) is 22.7 Å². The Balaban J connectivity index is 1.49. The second-order valence-electron chi connectivity index (χ2n) is 7.58. The van der Waals surface area contributed by atoms with E-state index in [0.717, 1.165) is 44.4 Å². The highest BCUT2D eigenvalue weighted by Crippen LogP contribution is 2.37. The molecule has 0 bridgehead atoms. The lowest BCUT2D eigenvalue weighted by molar-refractivity contribution is -0.123. The van der Waals surface area contributed by atoms with Crippen molar-refractivity contribution in [2.24, 2.45) is 0 Å². The van der Waals surface area contributed by atoms with Crippen molar-refractivity contribution >= 4 is 50.5 Å². The molecule has 4 aromatic rings. The molecule has 2 amide bonds. The summed E-state index contributed by atoms with van der Waals surface area (Å²) >= 11 is 0.978. The van der Waals surface area contributed by atoms with Crippen LogP contribution in [0.5, 0.6) is 5.75 Å². The third-order valence-electron chi connectivity index (χ3n) is 5.53. The van der Waals surface area contributed by atoms with Crippen LogP contribution < -0.4 is 4.74 Å². The molecule has 4 nitrogen and oxygen atoms in total. The maximum Gasteiger partial charge on any atom is 0.293 e. The second kappa shape index (κ2) is 8.52. The summed E-state index contributed by atoms with van der Waals surface area (Å²) in [6, 6.07) is 25.9. The van der Waals surface area contributed by atoms with Crippen LogP contribution in [0.3, 0.4) is 0 Å². The second-order valence-corrected chi connectivity index (χ2v) is 8.57. The number of amides is 2. The van der Waals surface area contributed by atoms with Gasteiger partial charge in [-0.1, -0.05) is 66.7 Å². The Labute approximate surface area is 190 Å². The predicted molar refractivity (Wildman–Crippen MR) is 131 cm³/mol. The van der Waals surface area contributed by atoms with Crippen molar-refractivity contribution in [3.05, 3.63) is 94.9 Å². The molecule has 4 aromatic carbocycles. The fourth-order valence-electron chi connectivity index (χ4n) is 3.99. The molecule has 1 aliphatic heterocycles. The zero-order valence-electron chi connectivity index (χ0n) is 17.6. The van der Waals surface area contributed by atoms with Gasteiger partial charge in [-0.3, -0.25) is 14.5 Å². The van der Waals surface area contributed by atoms with E-state index in [-0.39, 0.29) is 17.7 Å². The zero-order valence-corrected chi connectivity index (χ0v) is 18.4. The van der Waals surface area contributed by atoms with Gasteiger partial charge >= 0.3 is 0 Å². The summed E-state index contributed by atoms with van der Waals surface area (Å²) in [7, 11) is 0. The lowest BCUT2D eigenvalue weighted by atomic mass is 10.0. The Morgan fingerprint density at radius 3 is 2.41 bits per heavy atom. The first-order valence-electron chi connectivity index (χ1n) is 10.5. The van der Waals surface area contributed by atoms with Gasteiger partial charge in [-0.25, -0.2) is 0 Å². The van der Waals surface area contributed by atoms with Gasteiger partial charge in [0.25, 0.3) is 11.1 Å². The van der Waals surface area contributed by atoms with Crippen molar-refractivity contribution in [1.29, 1.82) is 0 Å². The molecule has 1 saturated heterocycles. The maximum absolute atomic E-state index is 13.2. The molecule has 0 unspecified atom stereocenters. The van der Waals surface area contributed by atoms with Crippen LogP contribution in [0.2, 0.25) is 0 Å². The molecule has 0 aliphatic carbocycles. The number of fused-ring (bicyclic) bond motifs is 2. The van der Waals surface area contributed by atoms with Crippen LogP contribution in [0.4, 0.5) is 4.79 Å². The summed E-state index contributed by atoms with van der Waals surface area (Å²) in [5.74, 6) is 0.427. The van der Waals surface area contributed by atoms with Crippen LogP contribution in [0, 0.1) is 0 Å². The number of thioether (sulfide) groups is 1. The van der Waals surface area contributed by atoms with Gasteiger partial charge in [-0.15, -0.1) is 0 Å². The van der Waals surface area contributed by atoms with Crippen molar-refractivity contribution in [2.75, 3.05) is 6.61 Å². The molecule has 0 N–H and O–H groups in total. The number of carbonyl (C=O) groups is 2. The van der Waals surface area contributed by atoms with Gasteiger partial charge in [0, 0.05) is 5.56 Å². The SMILES string of the molecule is CCOc1ccc2ccccc2c1/C=C1\SC(=O)N(Cc2ccc3ccccc3c2)C1=O. The van der Waals surface area contributed by atoms with Gasteiger partial charge in [0.1, 0.15) is 5.75 Å². The topological polar surface area (TPSA) is 46.6 Å². The smallest absolute Gasteiger partial charge is 0.293 e. The van der Waals surface area contributed by atoms with Crippen molar-refractivity contribution in [3.8, 4) is 5.75 Å². The summed E-state index contributed by atoms with van der Waals surface area (Å²) in [4.78, 5) is 27.6. The number of imide groups is 1. The van der Waals surface area contributed by atoms with E-state index in [2.05, 4.69) is 0 Å². The molecule has 0 spiro atoms. The quantitative estimate of drug-likeness (QED) is 0.328. The summed E-state index contributed by atoms with van der Waals surface area (Å²) < 4.78 is 5.82. The van der Waals surface area contributed by atoms with Crippen LogP contribution in [0.15, 0.2) is 83.8 Å². The van der Waals surface area contributed by atoms with E-state index in [1.807, 2.05) is 85.8 Å². The minimum absolute atomic E-state index is 0.251. The third-order valence-corrected chi connectivity index (χ3v) is 6.44. The van der Waals surface area contributed by atoms with E-state index in [0.29, 0.717) is 17.3 Å². The number of hydrogen-bond donors (Lipinski definition) is 0. The van der Waals surface area contributed by atoms with Crippen molar-refractivity contribution in [2.45, 2.75) is 13.5 Å². The summed E-state index contributed by atoms with van der Waals surface area (Å²) in [5, 5.41) is 4.00. The molecule has 0 radical (unpaired) electrons. The van der Waals surface area contributed by atoms with Crippen LogP contribution in [0.1, 0.15) is 18.1 Å². The van der Waals surface area contributed by atoms with E-state index < -0.39 is 0 Å². The van der Waals surface area contributed by atoms with Gasteiger partial charge in [0.15, 0.2) is 0 Å². The Morgan fingerprint density at radius 2 is 1.59 bits per heavy atom. The fourth-order valence-corrected chi connectivity index (χ4v) is 4.81. The Morgan fingerprint density at radius 1 is 0.875 bits per heavy atom. The van der Waals surface area contributed by atoms with Gasteiger partial charge in [-0.2, -0.15) is 0 Å². The normalized spacial score (nSPS) is 15.3. The average molecular weight is 440 g/mol. The minimum Gasteiger partial charge on any atom is -0.493 e. The lowest BCUT2D eigenvalue weighted by Crippen LogP contribution is -2.27. The van der Waals surface area contributed by atoms with E-state index in [9.17, 15) is 9.59 Å². The molecular formula is C27H21NO3S. The van der Waals surface area contributed by atoms with E-state index >= 15 is 0 Å². The minimum atomic E-state index is -0.274. The molecule has 5 rings (SSSR count). The molecule has 0 saturated carbocycles. The van der Waals surface area contributed by atoms with E-state index in [1.165, 1.54) is 4.90 Å². The van der Waals surface area contributed by atoms with Crippen LogP contribution >= 0.6 is 11.8 Å². The van der Waals surface area contributed by atoms with Gasteiger partial charge in [0.05, 0.1) is 18.1 Å². The molecule has 158 valence electrons. The first-order chi connectivity index (χ1) is 15.6. The monoisotopic (exact) mass is 439 g/mol. The highest BCUT2D eigenvalue weighted by Gasteiger charge is 2.35. The molecule has 0 aromatic heterocycles. The number of hydrogen-bond acceptors (Lipinski definition) is 4. The fraction of sp³-hybridized carbons (Fsp3) is 0.111. The number of rotatable bonds is 5. The largest absolute Gasteiger partial charge is 0.493 e. The van der Waals surface area contributed by atoms with Gasteiger partial charge in [-0.05, 0) is 64.0 Å². The van der Waals surface area contributed by atoms with Gasteiger partial charge < -0.3 is 4.74 Å². The van der Waals surface area contributed by atoms with Gasteiger partial charge in [0.2, 0.25) is 0 Å². The predicted octanol–water partition coefficient (Wildman–Crippen LogP) is 6.63. The molecule has 0 atom stereocenters. The first-order valence-corrected chi connectivity index (χ1v) is 11.3.